The summed E-state index contributed by atoms with van der Waals surface area (Å²) < 4.78 is 0. The molecule has 0 spiro atoms. The van der Waals surface area contributed by atoms with Crippen molar-refractivity contribution in [1.82, 2.24) is 0 Å². The highest BCUT2D eigenvalue weighted by molar-refractivity contribution is 6.09. The molecule has 84 valence electrons. The van der Waals surface area contributed by atoms with Crippen LogP contribution in [0, 0.1) is 22.2 Å². The van der Waals surface area contributed by atoms with Crippen molar-refractivity contribution in [2.75, 3.05) is 0 Å². The number of carboxylic acid groups (broad SMARTS) is 1. The molecule has 0 heterocycles. The van der Waals surface area contributed by atoms with Crippen molar-refractivity contribution in [2.45, 2.75) is 40.5 Å². The normalized spacial score (nSPS) is 47.2. The van der Waals surface area contributed by atoms with Crippen LogP contribution in [0.1, 0.15) is 40.5 Å². The van der Waals surface area contributed by atoms with E-state index < -0.39 is 16.8 Å². The Morgan fingerprint density at radius 1 is 1.33 bits per heavy atom. The molecule has 0 aromatic rings. The number of aliphatic carboxylic acids is 1. The summed E-state index contributed by atoms with van der Waals surface area (Å²) in [6.45, 7) is 7.62. The van der Waals surface area contributed by atoms with Crippen molar-refractivity contribution in [3.05, 3.63) is 0 Å². The standard InChI is InChI=1S/C12H18O3/c1-10(2)7-5-6-11(10,3)8(13)12(7,4)9(14)15/h7H,5-6H2,1-4H3,(H,14,15)/t7-,11-,12+/m0/s1. The molecule has 1 N–H and O–H groups in total. The second-order valence-corrected chi connectivity index (χ2v) is 5.98. The number of rotatable bonds is 1. The topological polar surface area (TPSA) is 54.4 Å². The fourth-order valence-corrected chi connectivity index (χ4v) is 3.89. The van der Waals surface area contributed by atoms with Crippen LogP contribution in [0.25, 0.3) is 0 Å². The molecule has 2 aliphatic rings. The average molecular weight is 210 g/mol. The summed E-state index contributed by atoms with van der Waals surface area (Å²) >= 11 is 0. The van der Waals surface area contributed by atoms with Gasteiger partial charge in [-0.3, -0.25) is 9.59 Å². The van der Waals surface area contributed by atoms with Gasteiger partial charge in [-0.2, -0.15) is 0 Å². The Hall–Kier alpha value is -0.860. The maximum absolute atomic E-state index is 12.3. The lowest BCUT2D eigenvalue weighted by molar-refractivity contribution is -0.158. The van der Waals surface area contributed by atoms with Crippen molar-refractivity contribution in [1.29, 1.82) is 0 Å². The van der Waals surface area contributed by atoms with E-state index in [9.17, 15) is 14.7 Å². The van der Waals surface area contributed by atoms with Crippen molar-refractivity contribution in [3.63, 3.8) is 0 Å². The fourth-order valence-electron chi connectivity index (χ4n) is 3.89. The maximum atomic E-state index is 12.3. The zero-order chi connectivity index (χ0) is 11.6. The van der Waals surface area contributed by atoms with Gasteiger partial charge < -0.3 is 5.11 Å². The molecular weight excluding hydrogens is 192 g/mol. The first-order chi connectivity index (χ1) is 6.69. The van der Waals surface area contributed by atoms with Gasteiger partial charge in [0.1, 0.15) is 5.41 Å². The van der Waals surface area contributed by atoms with Crippen molar-refractivity contribution >= 4 is 11.8 Å². The maximum Gasteiger partial charge on any atom is 0.317 e. The lowest BCUT2D eigenvalue weighted by Crippen LogP contribution is -2.43. The number of carbonyl (C=O) groups excluding carboxylic acids is 1. The Morgan fingerprint density at radius 3 is 2.13 bits per heavy atom. The largest absolute Gasteiger partial charge is 0.480 e. The Balaban J connectivity index is 2.61. The molecule has 0 aromatic carbocycles. The number of Topliss-reactive ketones (excluding diaryl/α,β-unsaturated/α-hetero) is 1. The number of ketones is 1. The van der Waals surface area contributed by atoms with E-state index in [0.717, 1.165) is 12.8 Å². The van der Waals surface area contributed by atoms with E-state index in [1.54, 1.807) is 6.92 Å². The number of hydrogen-bond acceptors (Lipinski definition) is 2. The molecule has 0 radical (unpaired) electrons. The molecule has 2 bridgehead atoms. The predicted octanol–water partition coefficient (Wildman–Crippen LogP) is 2.10. The Labute approximate surface area is 89.9 Å². The van der Waals surface area contributed by atoms with Crippen LogP contribution >= 0.6 is 0 Å². The highest BCUT2D eigenvalue weighted by atomic mass is 16.4. The monoisotopic (exact) mass is 210 g/mol. The van der Waals surface area contributed by atoms with Crippen LogP contribution in [-0.4, -0.2) is 16.9 Å². The minimum absolute atomic E-state index is 0.0139. The zero-order valence-electron chi connectivity index (χ0n) is 9.76. The first kappa shape index (κ1) is 10.7. The zero-order valence-corrected chi connectivity index (χ0v) is 9.76. The van der Waals surface area contributed by atoms with Gasteiger partial charge in [0.05, 0.1) is 0 Å². The SMILES string of the molecule is CC1(C)[C@@H]2CC[C@@]1(C)C(=O)[C@]2(C)C(=O)O. The van der Waals surface area contributed by atoms with Crippen molar-refractivity contribution < 1.29 is 14.7 Å². The Morgan fingerprint density at radius 2 is 1.87 bits per heavy atom. The molecule has 0 saturated heterocycles. The van der Waals surface area contributed by atoms with Crippen molar-refractivity contribution in [2.24, 2.45) is 22.2 Å². The van der Waals surface area contributed by atoms with Gasteiger partial charge in [0.2, 0.25) is 0 Å². The van der Waals surface area contributed by atoms with Gasteiger partial charge in [0.25, 0.3) is 0 Å². The van der Waals surface area contributed by atoms with E-state index >= 15 is 0 Å². The predicted molar refractivity (Wildman–Crippen MR) is 55.4 cm³/mol. The minimum atomic E-state index is -1.16. The van der Waals surface area contributed by atoms with Crippen LogP contribution in [0.5, 0.6) is 0 Å². The lowest BCUT2D eigenvalue weighted by atomic mass is 9.70. The number of carboxylic acids is 1. The van der Waals surface area contributed by atoms with E-state index in [1.165, 1.54) is 0 Å². The highest BCUT2D eigenvalue weighted by Crippen LogP contribution is 2.69. The van der Waals surface area contributed by atoms with E-state index in [2.05, 4.69) is 0 Å². The molecule has 15 heavy (non-hydrogen) atoms. The molecule has 0 unspecified atom stereocenters. The summed E-state index contributed by atoms with van der Waals surface area (Å²) in [5, 5.41) is 9.29. The van der Waals surface area contributed by atoms with Gasteiger partial charge in [-0.25, -0.2) is 0 Å². The minimum Gasteiger partial charge on any atom is -0.480 e. The first-order valence-electron chi connectivity index (χ1n) is 5.47. The number of hydrogen-bond donors (Lipinski definition) is 1. The highest BCUT2D eigenvalue weighted by Gasteiger charge is 2.73. The Kier molecular flexibility index (Phi) is 1.74. The fraction of sp³-hybridized carbons (Fsp3) is 0.833. The Bertz CT molecular complexity index is 358. The molecule has 3 heteroatoms. The van der Waals surface area contributed by atoms with Gasteiger partial charge >= 0.3 is 5.97 Å². The quantitative estimate of drug-likeness (QED) is 0.674. The second-order valence-electron chi connectivity index (χ2n) is 5.98. The van der Waals surface area contributed by atoms with Gasteiger partial charge in [-0.05, 0) is 31.1 Å². The van der Waals surface area contributed by atoms with Gasteiger partial charge in [0, 0.05) is 5.41 Å². The van der Waals surface area contributed by atoms with Gasteiger partial charge in [-0.15, -0.1) is 0 Å². The van der Waals surface area contributed by atoms with E-state index in [1.807, 2.05) is 20.8 Å². The summed E-state index contributed by atoms with van der Waals surface area (Å²) in [5.41, 5.74) is -1.78. The molecule has 0 amide bonds. The number of carbonyl (C=O) groups is 2. The third-order valence-corrected chi connectivity index (χ3v) is 5.34. The first-order valence-corrected chi connectivity index (χ1v) is 5.47. The van der Waals surface area contributed by atoms with E-state index in [4.69, 9.17) is 0 Å². The third kappa shape index (κ3) is 0.837. The van der Waals surface area contributed by atoms with Crippen LogP contribution in [0.2, 0.25) is 0 Å². The van der Waals surface area contributed by atoms with Crippen LogP contribution in [-0.2, 0) is 9.59 Å². The third-order valence-electron chi connectivity index (χ3n) is 5.34. The average Bonchev–Trinajstić information content (AvgIpc) is 2.41. The molecule has 2 saturated carbocycles. The van der Waals surface area contributed by atoms with Gasteiger partial charge in [-0.1, -0.05) is 20.8 Å². The van der Waals surface area contributed by atoms with Crippen molar-refractivity contribution in [3.8, 4) is 0 Å². The van der Waals surface area contributed by atoms with Crippen LogP contribution in [0.15, 0.2) is 0 Å². The van der Waals surface area contributed by atoms with E-state index in [-0.39, 0.29) is 17.1 Å². The second kappa shape index (κ2) is 2.45. The van der Waals surface area contributed by atoms with E-state index in [0.29, 0.717) is 0 Å². The molecule has 3 atom stereocenters. The summed E-state index contributed by atoms with van der Waals surface area (Å²) in [7, 11) is 0. The smallest absolute Gasteiger partial charge is 0.317 e. The van der Waals surface area contributed by atoms with Gasteiger partial charge in [0.15, 0.2) is 5.78 Å². The molecule has 0 aliphatic heterocycles. The summed E-state index contributed by atoms with van der Waals surface area (Å²) in [6.07, 6.45) is 1.70. The molecule has 2 aliphatic carbocycles. The number of fused-ring (bicyclic) bond motifs is 2. The summed E-state index contributed by atoms with van der Waals surface area (Å²) in [4.78, 5) is 23.6. The van der Waals surface area contributed by atoms with Crippen LogP contribution in [0.4, 0.5) is 0 Å². The van der Waals surface area contributed by atoms with Crippen LogP contribution < -0.4 is 0 Å². The summed E-state index contributed by atoms with van der Waals surface area (Å²) in [5.74, 6) is -1.03. The van der Waals surface area contributed by atoms with Crippen LogP contribution in [0.3, 0.4) is 0 Å². The molecular formula is C12H18O3. The summed E-state index contributed by atoms with van der Waals surface area (Å²) in [6, 6.07) is 0. The lowest BCUT2D eigenvalue weighted by Gasteiger charge is -2.32. The molecule has 3 nitrogen and oxygen atoms in total. The molecule has 2 rings (SSSR count). The molecule has 2 fully saturated rings. The molecule has 0 aromatic heterocycles.